The van der Waals surface area contributed by atoms with E-state index in [1.165, 1.54) is 0 Å². The van der Waals surface area contributed by atoms with Gasteiger partial charge in [-0.15, -0.1) is 0 Å². The number of pyridine rings is 1. The maximum atomic E-state index is 12.4. The minimum Gasteiger partial charge on any atom is -0.363 e. The average molecular weight is 334 g/mol. The summed E-state index contributed by atoms with van der Waals surface area (Å²) >= 11 is 0. The van der Waals surface area contributed by atoms with Gasteiger partial charge in [-0.05, 0) is 24.3 Å². The number of rotatable bonds is 5. The molecular formula is C15H18N4O3S. The Morgan fingerprint density at radius 3 is 2.39 bits per heavy atom. The van der Waals surface area contributed by atoms with Crippen LogP contribution < -0.4 is 14.9 Å². The first-order chi connectivity index (χ1) is 10.8. The van der Waals surface area contributed by atoms with E-state index in [2.05, 4.69) is 15.0 Å². The SMILES string of the molecule is CN(C)c1cc(C(=O)Nc2ccccc2NS(C)(=O)=O)ccn1. The summed E-state index contributed by atoms with van der Waals surface area (Å²) in [7, 11) is 0.221. The van der Waals surface area contributed by atoms with Gasteiger partial charge >= 0.3 is 0 Å². The van der Waals surface area contributed by atoms with Crippen molar-refractivity contribution in [3.63, 3.8) is 0 Å². The Kier molecular flexibility index (Phi) is 4.85. The first kappa shape index (κ1) is 16.8. The summed E-state index contributed by atoms with van der Waals surface area (Å²) in [5.41, 5.74) is 1.12. The van der Waals surface area contributed by atoms with Gasteiger partial charge in [0.05, 0.1) is 17.6 Å². The molecule has 0 atom stereocenters. The molecule has 0 spiro atoms. The molecule has 2 N–H and O–H groups in total. The lowest BCUT2D eigenvalue weighted by atomic mass is 10.2. The van der Waals surface area contributed by atoms with E-state index in [4.69, 9.17) is 0 Å². The molecule has 23 heavy (non-hydrogen) atoms. The van der Waals surface area contributed by atoms with Gasteiger partial charge in [0.25, 0.3) is 5.91 Å². The highest BCUT2D eigenvalue weighted by molar-refractivity contribution is 7.92. The topological polar surface area (TPSA) is 91.4 Å². The van der Waals surface area contributed by atoms with Gasteiger partial charge < -0.3 is 10.2 Å². The second kappa shape index (κ2) is 6.66. The second-order valence-electron chi connectivity index (χ2n) is 5.17. The molecule has 1 amide bonds. The number of nitrogens with zero attached hydrogens (tertiary/aromatic N) is 2. The van der Waals surface area contributed by atoms with Crippen LogP contribution in [0, 0.1) is 0 Å². The summed E-state index contributed by atoms with van der Waals surface area (Å²) < 4.78 is 25.2. The number of hydrogen-bond acceptors (Lipinski definition) is 5. The van der Waals surface area contributed by atoms with Crippen LogP contribution in [0.25, 0.3) is 0 Å². The predicted octanol–water partition coefficient (Wildman–Crippen LogP) is 1.77. The second-order valence-corrected chi connectivity index (χ2v) is 6.92. The van der Waals surface area contributed by atoms with Crippen molar-refractivity contribution in [2.45, 2.75) is 0 Å². The van der Waals surface area contributed by atoms with E-state index < -0.39 is 10.0 Å². The summed E-state index contributed by atoms with van der Waals surface area (Å²) in [4.78, 5) is 18.3. The molecule has 2 aromatic rings. The van der Waals surface area contributed by atoms with Gasteiger partial charge in [-0.2, -0.15) is 0 Å². The van der Waals surface area contributed by atoms with Crippen LogP contribution in [0.1, 0.15) is 10.4 Å². The molecule has 1 aromatic carbocycles. The van der Waals surface area contributed by atoms with Crippen LogP contribution in [0.15, 0.2) is 42.6 Å². The van der Waals surface area contributed by atoms with Crippen molar-refractivity contribution in [3.8, 4) is 0 Å². The van der Waals surface area contributed by atoms with E-state index in [0.717, 1.165) is 6.26 Å². The molecule has 0 aliphatic carbocycles. The van der Waals surface area contributed by atoms with E-state index in [0.29, 0.717) is 22.8 Å². The largest absolute Gasteiger partial charge is 0.363 e. The van der Waals surface area contributed by atoms with Gasteiger partial charge in [-0.3, -0.25) is 9.52 Å². The summed E-state index contributed by atoms with van der Waals surface area (Å²) in [6.07, 6.45) is 2.60. The molecule has 1 heterocycles. The smallest absolute Gasteiger partial charge is 0.255 e. The van der Waals surface area contributed by atoms with Crippen molar-refractivity contribution >= 4 is 33.1 Å². The van der Waals surface area contributed by atoms with Gasteiger partial charge in [-0.25, -0.2) is 13.4 Å². The van der Waals surface area contributed by atoms with Crippen molar-refractivity contribution in [2.24, 2.45) is 0 Å². The monoisotopic (exact) mass is 334 g/mol. The Balaban J connectivity index is 2.26. The molecule has 8 heteroatoms. The molecule has 7 nitrogen and oxygen atoms in total. The van der Waals surface area contributed by atoms with Crippen molar-refractivity contribution in [2.75, 3.05) is 35.3 Å². The summed E-state index contributed by atoms with van der Waals surface area (Å²) in [5.74, 6) is 0.304. The highest BCUT2D eigenvalue weighted by Crippen LogP contribution is 2.23. The first-order valence-corrected chi connectivity index (χ1v) is 8.67. The Bertz CT molecular complexity index is 819. The van der Waals surface area contributed by atoms with E-state index in [9.17, 15) is 13.2 Å². The van der Waals surface area contributed by atoms with Crippen LogP contribution in [0.3, 0.4) is 0 Å². The Morgan fingerprint density at radius 1 is 1.13 bits per heavy atom. The molecule has 0 unspecified atom stereocenters. The minimum absolute atomic E-state index is 0.310. The van der Waals surface area contributed by atoms with Gasteiger partial charge in [-0.1, -0.05) is 12.1 Å². The van der Waals surface area contributed by atoms with Crippen LogP contribution in [-0.4, -0.2) is 39.7 Å². The molecule has 0 fully saturated rings. The highest BCUT2D eigenvalue weighted by atomic mass is 32.2. The van der Waals surface area contributed by atoms with Gasteiger partial charge in [0, 0.05) is 25.9 Å². The van der Waals surface area contributed by atoms with Crippen molar-refractivity contribution in [1.29, 1.82) is 0 Å². The molecule has 0 aliphatic heterocycles. The van der Waals surface area contributed by atoms with Gasteiger partial charge in [0.2, 0.25) is 10.0 Å². The number of aromatic nitrogens is 1. The maximum absolute atomic E-state index is 12.4. The molecule has 1 aromatic heterocycles. The predicted molar refractivity (Wildman–Crippen MR) is 91.4 cm³/mol. The average Bonchev–Trinajstić information content (AvgIpc) is 2.48. The number of sulfonamides is 1. The number of carbonyl (C=O) groups is 1. The fraction of sp³-hybridized carbons (Fsp3) is 0.200. The number of carbonyl (C=O) groups excluding carboxylic acids is 1. The zero-order chi connectivity index (χ0) is 17.0. The van der Waals surface area contributed by atoms with Crippen LogP contribution in [0.2, 0.25) is 0 Å². The molecule has 0 bridgehead atoms. The Hall–Kier alpha value is -2.61. The fourth-order valence-electron chi connectivity index (χ4n) is 1.88. The Morgan fingerprint density at radius 2 is 1.78 bits per heavy atom. The lowest BCUT2D eigenvalue weighted by Gasteiger charge is -2.14. The van der Waals surface area contributed by atoms with Crippen LogP contribution in [0.5, 0.6) is 0 Å². The summed E-state index contributed by atoms with van der Waals surface area (Å²) in [5, 5.41) is 2.70. The molecule has 122 valence electrons. The number of anilines is 3. The third-order valence-electron chi connectivity index (χ3n) is 2.94. The maximum Gasteiger partial charge on any atom is 0.255 e. The summed E-state index contributed by atoms with van der Waals surface area (Å²) in [6.45, 7) is 0. The lowest BCUT2D eigenvalue weighted by Crippen LogP contribution is -2.17. The third-order valence-corrected chi connectivity index (χ3v) is 3.53. The Labute approximate surface area is 135 Å². The third kappa shape index (κ3) is 4.68. The molecule has 0 radical (unpaired) electrons. The van der Waals surface area contributed by atoms with E-state index in [1.54, 1.807) is 47.5 Å². The molecule has 2 rings (SSSR count). The van der Waals surface area contributed by atoms with Crippen molar-refractivity contribution < 1.29 is 13.2 Å². The summed E-state index contributed by atoms with van der Waals surface area (Å²) in [6, 6.07) is 9.84. The molecular weight excluding hydrogens is 316 g/mol. The van der Waals surface area contributed by atoms with Crippen molar-refractivity contribution in [3.05, 3.63) is 48.2 Å². The quantitative estimate of drug-likeness (QED) is 0.869. The highest BCUT2D eigenvalue weighted by Gasteiger charge is 2.12. The molecule has 0 saturated heterocycles. The standard InChI is InChI=1S/C15H18N4O3S/c1-19(2)14-10-11(8-9-16-14)15(20)17-12-6-4-5-7-13(12)18-23(3,21)22/h4-10,18H,1-3H3,(H,17,20). The minimum atomic E-state index is -3.44. The van der Waals surface area contributed by atoms with E-state index >= 15 is 0 Å². The molecule has 0 aliphatic rings. The van der Waals surface area contributed by atoms with E-state index in [1.807, 2.05) is 14.1 Å². The number of para-hydroxylation sites is 2. The zero-order valence-corrected chi connectivity index (χ0v) is 13.9. The number of benzene rings is 1. The number of nitrogens with one attached hydrogen (secondary N) is 2. The molecule has 0 saturated carbocycles. The fourth-order valence-corrected chi connectivity index (χ4v) is 2.46. The first-order valence-electron chi connectivity index (χ1n) is 6.78. The van der Waals surface area contributed by atoms with Gasteiger partial charge in [0.15, 0.2) is 0 Å². The van der Waals surface area contributed by atoms with Crippen LogP contribution in [-0.2, 0) is 10.0 Å². The van der Waals surface area contributed by atoms with E-state index in [-0.39, 0.29) is 5.91 Å². The lowest BCUT2D eigenvalue weighted by molar-refractivity contribution is 0.102. The van der Waals surface area contributed by atoms with Crippen LogP contribution in [0.4, 0.5) is 17.2 Å². The van der Waals surface area contributed by atoms with Crippen LogP contribution >= 0.6 is 0 Å². The number of hydrogen-bond donors (Lipinski definition) is 2. The number of amides is 1. The van der Waals surface area contributed by atoms with Crippen molar-refractivity contribution in [1.82, 2.24) is 4.98 Å². The zero-order valence-electron chi connectivity index (χ0n) is 13.1. The van der Waals surface area contributed by atoms with Gasteiger partial charge in [0.1, 0.15) is 5.82 Å². The normalized spacial score (nSPS) is 10.9.